The Morgan fingerprint density at radius 2 is 1.81 bits per heavy atom. The topological polar surface area (TPSA) is 50.7 Å². The van der Waals surface area contributed by atoms with Gasteiger partial charge in [-0.1, -0.05) is 32.8 Å². The van der Waals surface area contributed by atoms with Crippen LogP contribution >= 0.6 is 0 Å². The first-order valence-corrected chi connectivity index (χ1v) is 7.96. The number of rotatable bonds is 7. The second-order valence-corrected chi connectivity index (χ2v) is 5.69. The Kier molecular flexibility index (Phi) is 5.88. The Morgan fingerprint density at radius 1 is 1.14 bits per heavy atom. The van der Waals surface area contributed by atoms with Gasteiger partial charge >= 0.3 is 0 Å². The van der Waals surface area contributed by atoms with Gasteiger partial charge in [0, 0.05) is 12.6 Å². The molecule has 0 aliphatic carbocycles. The van der Waals surface area contributed by atoms with Crippen molar-refractivity contribution in [1.82, 2.24) is 5.32 Å². The molecular weight excluding hydrogens is 266 g/mol. The molecule has 1 aromatic carbocycles. The largest absolute Gasteiger partial charge is 0.486 e. The van der Waals surface area contributed by atoms with Crippen molar-refractivity contribution in [3.8, 4) is 11.5 Å². The van der Waals surface area contributed by atoms with Gasteiger partial charge < -0.3 is 19.9 Å². The molecular formula is C17H27NO3. The van der Waals surface area contributed by atoms with Gasteiger partial charge in [-0.25, -0.2) is 0 Å². The Labute approximate surface area is 127 Å². The lowest BCUT2D eigenvalue weighted by atomic mass is 9.95. The van der Waals surface area contributed by atoms with E-state index in [1.54, 1.807) is 0 Å². The lowest BCUT2D eigenvalue weighted by Crippen LogP contribution is -2.35. The molecule has 1 aliphatic rings. The van der Waals surface area contributed by atoms with Crippen LogP contribution in [0.25, 0.3) is 0 Å². The highest BCUT2D eigenvalue weighted by Crippen LogP contribution is 2.32. The second-order valence-electron chi connectivity index (χ2n) is 5.69. The molecule has 0 saturated heterocycles. The predicted octanol–water partition coefficient (Wildman–Crippen LogP) is 2.91. The summed E-state index contributed by atoms with van der Waals surface area (Å²) < 4.78 is 11.1. The van der Waals surface area contributed by atoms with Crippen LogP contribution in [0.4, 0.5) is 0 Å². The molecule has 1 heterocycles. The lowest BCUT2D eigenvalue weighted by molar-refractivity contribution is 0.158. The summed E-state index contributed by atoms with van der Waals surface area (Å²) in [6.07, 6.45) is 1.79. The number of aliphatic hydroxyl groups excluding tert-OH is 1. The molecule has 2 rings (SSSR count). The van der Waals surface area contributed by atoms with E-state index in [-0.39, 0.29) is 0 Å². The van der Waals surface area contributed by atoms with Crippen LogP contribution in [-0.2, 0) is 0 Å². The number of benzene rings is 1. The zero-order chi connectivity index (χ0) is 15.2. The molecule has 0 fully saturated rings. The third kappa shape index (κ3) is 4.11. The zero-order valence-electron chi connectivity index (χ0n) is 13.3. The van der Waals surface area contributed by atoms with Crippen molar-refractivity contribution in [3.05, 3.63) is 23.8 Å². The maximum atomic E-state index is 10.3. The molecule has 0 spiro atoms. The number of fused-ring (bicyclic) bond motifs is 1. The van der Waals surface area contributed by atoms with E-state index in [4.69, 9.17) is 9.47 Å². The Morgan fingerprint density at radius 3 is 2.48 bits per heavy atom. The Balaban J connectivity index is 1.92. The molecule has 1 aromatic rings. The highest BCUT2D eigenvalue weighted by atomic mass is 16.6. The van der Waals surface area contributed by atoms with Crippen molar-refractivity contribution in [2.45, 2.75) is 45.8 Å². The maximum absolute atomic E-state index is 10.3. The normalized spacial score (nSPS) is 16.8. The molecule has 2 atom stereocenters. The van der Waals surface area contributed by atoms with E-state index in [2.05, 4.69) is 26.1 Å². The van der Waals surface area contributed by atoms with Crippen molar-refractivity contribution < 1.29 is 14.6 Å². The minimum absolute atomic E-state index is 0.409. The fourth-order valence-electron chi connectivity index (χ4n) is 2.85. The summed E-state index contributed by atoms with van der Waals surface area (Å²) in [7, 11) is 0. The third-order valence-corrected chi connectivity index (χ3v) is 4.34. The first-order chi connectivity index (χ1) is 10.2. The van der Waals surface area contributed by atoms with Gasteiger partial charge in [0.25, 0.3) is 0 Å². The van der Waals surface area contributed by atoms with Crippen LogP contribution in [0, 0.1) is 5.92 Å². The first-order valence-electron chi connectivity index (χ1n) is 7.96. The van der Waals surface area contributed by atoms with E-state index in [9.17, 15) is 5.11 Å². The fraction of sp³-hybridized carbons (Fsp3) is 0.647. The number of hydrogen-bond donors (Lipinski definition) is 2. The molecule has 2 N–H and O–H groups in total. The molecule has 118 valence electrons. The number of ether oxygens (including phenoxy) is 2. The van der Waals surface area contributed by atoms with Crippen LogP contribution in [0.2, 0.25) is 0 Å². The number of nitrogens with one attached hydrogen (secondary N) is 1. The third-order valence-electron chi connectivity index (χ3n) is 4.34. The summed E-state index contributed by atoms with van der Waals surface area (Å²) in [6, 6.07) is 6.06. The van der Waals surface area contributed by atoms with E-state index in [0.29, 0.717) is 31.7 Å². The average molecular weight is 293 g/mol. The second kappa shape index (κ2) is 7.66. The van der Waals surface area contributed by atoms with Crippen molar-refractivity contribution >= 4 is 0 Å². The van der Waals surface area contributed by atoms with E-state index in [1.165, 1.54) is 0 Å². The van der Waals surface area contributed by atoms with Gasteiger partial charge in [0.05, 0.1) is 6.10 Å². The predicted molar refractivity (Wildman–Crippen MR) is 83.9 cm³/mol. The van der Waals surface area contributed by atoms with Gasteiger partial charge in [-0.05, 0) is 30.5 Å². The van der Waals surface area contributed by atoms with Crippen LogP contribution < -0.4 is 14.8 Å². The maximum Gasteiger partial charge on any atom is 0.161 e. The number of hydrogen-bond acceptors (Lipinski definition) is 4. The molecule has 4 heteroatoms. The van der Waals surface area contributed by atoms with Crippen LogP contribution in [0.5, 0.6) is 11.5 Å². The molecule has 0 amide bonds. The van der Waals surface area contributed by atoms with Gasteiger partial charge in [0.1, 0.15) is 13.2 Å². The fourth-order valence-corrected chi connectivity index (χ4v) is 2.85. The van der Waals surface area contributed by atoms with Gasteiger partial charge in [-0.15, -0.1) is 0 Å². The van der Waals surface area contributed by atoms with E-state index in [0.717, 1.165) is 29.9 Å². The van der Waals surface area contributed by atoms with Gasteiger partial charge in [0.15, 0.2) is 11.5 Å². The van der Waals surface area contributed by atoms with Crippen molar-refractivity contribution in [3.63, 3.8) is 0 Å². The van der Waals surface area contributed by atoms with Crippen molar-refractivity contribution in [2.75, 3.05) is 19.8 Å². The van der Waals surface area contributed by atoms with Gasteiger partial charge in [-0.3, -0.25) is 0 Å². The van der Waals surface area contributed by atoms with Crippen LogP contribution in [0.15, 0.2) is 18.2 Å². The minimum Gasteiger partial charge on any atom is -0.486 e. The van der Waals surface area contributed by atoms with E-state index >= 15 is 0 Å². The molecule has 0 aromatic heterocycles. The summed E-state index contributed by atoms with van der Waals surface area (Å²) >= 11 is 0. The molecule has 1 aliphatic heterocycles. The van der Waals surface area contributed by atoms with E-state index in [1.807, 2.05) is 18.2 Å². The monoisotopic (exact) mass is 293 g/mol. The van der Waals surface area contributed by atoms with Crippen LogP contribution in [-0.4, -0.2) is 30.9 Å². The Bertz CT molecular complexity index is 446. The summed E-state index contributed by atoms with van der Waals surface area (Å²) in [5.41, 5.74) is 0.864. The average Bonchev–Trinajstić information content (AvgIpc) is 2.53. The number of aliphatic hydroxyl groups is 1. The molecule has 21 heavy (non-hydrogen) atoms. The summed E-state index contributed by atoms with van der Waals surface area (Å²) in [5.74, 6) is 2.14. The van der Waals surface area contributed by atoms with Crippen molar-refractivity contribution in [1.29, 1.82) is 0 Å². The summed E-state index contributed by atoms with van der Waals surface area (Å²) in [4.78, 5) is 0. The quantitative estimate of drug-likeness (QED) is 0.811. The molecule has 0 radical (unpaired) electrons. The van der Waals surface area contributed by atoms with Crippen LogP contribution in [0.3, 0.4) is 0 Å². The standard InChI is InChI=1S/C17H27NO3/c1-4-13(5-2)12(3)18-11-15(19)14-6-7-16-17(10-14)21-9-8-20-16/h6-7,10,12-13,15,18-19H,4-5,8-9,11H2,1-3H3. The van der Waals surface area contributed by atoms with Gasteiger partial charge in [-0.2, -0.15) is 0 Å². The summed E-state index contributed by atoms with van der Waals surface area (Å²) in [6.45, 7) is 8.32. The highest BCUT2D eigenvalue weighted by Gasteiger charge is 2.18. The SMILES string of the molecule is CCC(CC)C(C)NCC(O)c1ccc2c(c1)OCCO2. The minimum atomic E-state index is -0.530. The zero-order valence-corrected chi connectivity index (χ0v) is 13.3. The van der Waals surface area contributed by atoms with Crippen molar-refractivity contribution in [2.24, 2.45) is 5.92 Å². The van der Waals surface area contributed by atoms with Gasteiger partial charge in [0.2, 0.25) is 0 Å². The van der Waals surface area contributed by atoms with Crippen LogP contribution in [0.1, 0.15) is 45.3 Å². The molecule has 2 unspecified atom stereocenters. The smallest absolute Gasteiger partial charge is 0.161 e. The first kappa shape index (κ1) is 16.1. The lowest BCUT2D eigenvalue weighted by Gasteiger charge is -2.25. The molecule has 4 nitrogen and oxygen atoms in total. The molecule has 0 bridgehead atoms. The Hall–Kier alpha value is -1.26. The highest BCUT2D eigenvalue weighted by molar-refractivity contribution is 5.44. The molecule has 0 saturated carbocycles. The summed E-state index contributed by atoms with van der Waals surface area (Å²) in [5, 5.41) is 13.8. The van der Waals surface area contributed by atoms with E-state index < -0.39 is 6.10 Å².